The van der Waals surface area contributed by atoms with Crippen molar-refractivity contribution in [1.29, 1.82) is 0 Å². The van der Waals surface area contributed by atoms with Gasteiger partial charge in [-0.15, -0.1) is 0 Å². The van der Waals surface area contributed by atoms with E-state index in [9.17, 15) is 4.79 Å². The van der Waals surface area contributed by atoms with E-state index in [1.54, 1.807) is 0 Å². The second kappa shape index (κ2) is 4.31. The Morgan fingerprint density at radius 2 is 2.18 bits per heavy atom. The fourth-order valence-electron chi connectivity index (χ4n) is 2.14. The van der Waals surface area contributed by atoms with E-state index in [4.69, 9.17) is 0 Å². The Hall–Kier alpha value is -1.65. The first-order chi connectivity index (χ1) is 8.10. The number of nitrogens with zero attached hydrogens (tertiary/aromatic N) is 2. The first-order valence-corrected chi connectivity index (χ1v) is 6.04. The zero-order valence-electron chi connectivity index (χ0n) is 10.5. The lowest BCUT2D eigenvalue weighted by Crippen LogP contribution is -2.22. The van der Waals surface area contributed by atoms with Gasteiger partial charge in [-0.05, 0) is 12.8 Å². The minimum atomic E-state index is -0.163. The van der Waals surface area contributed by atoms with E-state index in [0.717, 1.165) is 25.1 Å². The van der Waals surface area contributed by atoms with Crippen molar-refractivity contribution in [2.24, 2.45) is 0 Å². The molecule has 5 heteroatoms. The minimum absolute atomic E-state index is 0.0120. The van der Waals surface area contributed by atoms with Crippen LogP contribution in [0.4, 0.5) is 0 Å². The predicted octanol–water partition coefficient (Wildman–Crippen LogP) is 2.11. The molecule has 2 N–H and O–H groups in total. The van der Waals surface area contributed by atoms with E-state index in [-0.39, 0.29) is 11.0 Å². The maximum absolute atomic E-state index is 11.6. The highest BCUT2D eigenvalue weighted by Gasteiger charge is 2.27. The van der Waals surface area contributed by atoms with Crippen LogP contribution in [-0.2, 0) is 5.41 Å². The van der Waals surface area contributed by atoms with Crippen molar-refractivity contribution in [2.75, 3.05) is 0 Å². The van der Waals surface area contributed by atoms with Crippen molar-refractivity contribution < 1.29 is 0 Å². The van der Waals surface area contributed by atoms with Gasteiger partial charge in [-0.1, -0.05) is 27.2 Å². The van der Waals surface area contributed by atoms with E-state index >= 15 is 0 Å². The molecule has 0 bridgehead atoms. The summed E-state index contributed by atoms with van der Waals surface area (Å²) in [6.45, 7) is 6.46. The maximum Gasteiger partial charge on any atom is 0.276 e. The number of nitrogens with one attached hydrogen (secondary N) is 2. The molecule has 2 heterocycles. The number of fused-ring (bicyclic) bond motifs is 1. The lowest BCUT2D eigenvalue weighted by atomic mass is 9.82. The molecule has 0 aliphatic carbocycles. The van der Waals surface area contributed by atoms with Crippen LogP contribution in [0.1, 0.15) is 45.9 Å². The van der Waals surface area contributed by atoms with Gasteiger partial charge in [0.25, 0.3) is 5.56 Å². The Kier molecular flexibility index (Phi) is 3.00. The van der Waals surface area contributed by atoms with Crippen molar-refractivity contribution in [3.63, 3.8) is 0 Å². The van der Waals surface area contributed by atoms with Crippen LogP contribution in [0.15, 0.2) is 11.1 Å². The van der Waals surface area contributed by atoms with Crippen LogP contribution in [0.25, 0.3) is 11.2 Å². The van der Waals surface area contributed by atoms with Crippen LogP contribution >= 0.6 is 0 Å². The standard InChI is InChI=1S/C12H18N4O/c1-4-6-12(3,5-2)11-15-8-9(16-11)13-7-14-10(8)17/h7H,4-6H2,1-3H3,(H2,13,14,15,16,17). The fourth-order valence-corrected chi connectivity index (χ4v) is 2.14. The molecule has 2 aromatic rings. The van der Waals surface area contributed by atoms with E-state index in [1.807, 2.05) is 0 Å². The molecule has 17 heavy (non-hydrogen) atoms. The normalized spacial score (nSPS) is 15.0. The average Bonchev–Trinajstić information content (AvgIpc) is 2.75. The number of aromatic nitrogens is 4. The highest BCUT2D eigenvalue weighted by atomic mass is 16.1. The first kappa shape index (κ1) is 11.8. The summed E-state index contributed by atoms with van der Waals surface area (Å²) in [6.07, 6.45) is 4.50. The third-order valence-corrected chi connectivity index (χ3v) is 3.45. The molecule has 0 aliphatic heterocycles. The molecule has 0 aromatic carbocycles. The molecule has 0 spiro atoms. The van der Waals surface area contributed by atoms with Gasteiger partial charge in [0.1, 0.15) is 5.82 Å². The highest BCUT2D eigenvalue weighted by Crippen LogP contribution is 2.30. The Labute approximate surface area is 99.7 Å². The number of aromatic amines is 2. The van der Waals surface area contributed by atoms with Gasteiger partial charge in [-0.2, -0.15) is 0 Å². The summed E-state index contributed by atoms with van der Waals surface area (Å²) >= 11 is 0. The number of H-pyrrole nitrogens is 2. The third-order valence-electron chi connectivity index (χ3n) is 3.45. The zero-order chi connectivity index (χ0) is 12.5. The molecule has 0 radical (unpaired) electrons. The van der Waals surface area contributed by atoms with Crippen molar-refractivity contribution in [2.45, 2.75) is 45.4 Å². The van der Waals surface area contributed by atoms with Crippen molar-refractivity contribution in [3.8, 4) is 0 Å². The fraction of sp³-hybridized carbons (Fsp3) is 0.583. The smallest absolute Gasteiger partial charge is 0.276 e. The average molecular weight is 234 g/mol. The van der Waals surface area contributed by atoms with Crippen LogP contribution in [0.3, 0.4) is 0 Å². The zero-order valence-corrected chi connectivity index (χ0v) is 10.5. The number of imidazole rings is 1. The number of hydrogen-bond donors (Lipinski definition) is 2. The quantitative estimate of drug-likeness (QED) is 0.850. The van der Waals surface area contributed by atoms with Crippen molar-refractivity contribution >= 4 is 11.2 Å². The minimum Gasteiger partial charge on any atom is -0.336 e. The predicted molar refractivity (Wildman–Crippen MR) is 67.1 cm³/mol. The number of rotatable bonds is 4. The third kappa shape index (κ3) is 1.97. The van der Waals surface area contributed by atoms with Gasteiger partial charge < -0.3 is 9.97 Å². The molecule has 0 fully saturated rings. The van der Waals surface area contributed by atoms with Crippen molar-refractivity contribution in [1.82, 2.24) is 19.9 Å². The van der Waals surface area contributed by atoms with Crippen LogP contribution in [0.5, 0.6) is 0 Å². The maximum atomic E-state index is 11.6. The second-order valence-corrected chi connectivity index (χ2v) is 4.68. The van der Waals surface area contributed by atoms with Gasteiger partial charge in [0, 0.05) is 5.41 Å². The molecule has 0 amide bonds. The topological polar surface area (TPSA) is 74.4 Å². The van der Waals surface area contributed by atoms with Crippen LogP contribution in [0.2, 0.25) is 0 Å². The lowest BCUT2D eigenvalue weighted by Gasteiger charge is -2.24. The molecular formula is C12H18N4O. The highest BCUT2D eigenvalue weighted by molar-refractivity contribution is 5.68. The van der Waals surface area contributed by atoms with Gasteiger partial charge in [0.2, 0.25) is 0 Å². The van der Waals surface area contributed by atoms with Gasteiger partial charge >= 0.3 is 0 Å². The molecule has 1 unspecified atom stereocenters. The molecule has 92 valence electrons. The summed E-state index contributed by atoms with van der Waals surface area (Å²) in [5.74, 6) is 0.862. The SMILES string of the molecule is CCCC(C)(CC)c1nc2nc[nH]c(=O)c2[nH]1. The lowest BCUT2D eigenvalue weighted by molar-refractivity contribution is 0.394. The van der Waals surface area contributed by atoms with E-state index in [0.29, 0.717) is 11.2 Å². The molecule has 0 aliphatic rings. The molecule has 0 saturated heterocycles. The van der Waals surface area contributed by atoms with Gasteiger partial charge in [-0.25, -0.2) is 9.97 Å². The van der Waals surface area contributed by atoms with Gasteiger partial charge in [-0.3, -0.25) is 4.79 Å². The van der Waals surface area contributed by atoms with E-state index in [1.165, 1.54) is 6.33 Å². The Morgan fingerprint density at radius 1 is 1.41 bits per heavy atom. The second-order valence-electron chi connectivity index (χ2n) is 4.68. The first-order valence-electron chi connectivity index (χ1n) is 6.04. The molecular weight excluding hydrogens is 216 g/mol. The molecule has 2 rings (SSSR count). The Balaban J connectivity index is 2.56. The number of hydrogen-bond acceptors (Lipinski definition) is 3. The van der Waals surface area contributed by atoms with Crippen molar-refractivity contribution in [3.05, 3.63) is 22.5 Å². The summed E-state index contributed by atoms with van der Waals surface area (Å²) in [4.78, 5) is 25.8. The summed E-state index contributed by atoms with van der Waals surface area (Å²) in [5.41, 5.74) is 0.795. The molecule has 5 nitrogen and oxygen atoms in total. The van der Waals surface area contributed by atoms with Crippen LogP contribution < -0.4 is 5.56 Å². The van der Waals surface area contributed by atoms with Gasteiger partial charge in [0.05, 0.1) is 6.33 Å². The molecule has 1 atom stereocenters. The van der Waals surface area contributed by atoms with Gasteiger partial charge in [0.15, 0.2) is 11.2 Å². The summed E-state index contributed by atoms with van der Waals surface area (Å²) in [7, 11) is 0. The Bertz CT molecular complexity index is 571. The largest absolute Gasteiger partial charge is 0.336 e. The van der Waals surface area contributed by atoms with Crippen LogP contribution in [0, 0.1) is 0 Å². The Morgan fingerprint density at radius 3 is 2.76 bits per heavy atom. The molecule has 2 aromatic heterocycles. The molecule has 0 saturated carbocycles. The monoisotopic (exact) mass is 234 g/mol. The van der Waals surface area contributed by atoms with E-state index in [2.05, 4.69) is 40.7 Å². The van der Waals surface area contributed by atoms with E-state index < -0.39 is 0 Å². The summed E-state index contributed by atoms with van der Waals surface area (Å²) in [5, 5.41) is 0. The van der Waals surface area contributed by atoms with Crippen LogP contribution in [-0.4, -0.2) is 19.9 Å². The summed E-state index contributed by atoms with van der Waals surface area (Å²) in [6, 6.07) is 0. The summed E-state index contributed by atoms with van der Waals surface area (Å²) < 4.78 is 0.